The summed E-state index contributed by atoms with van der Waals surface area (Å²) in [5, 5.41) is 13.2. The van der Waals surface area contributed by atoms with Crippen molar-refractivity contribution in [3.05, 3.63) is 35.9 Å². The first-order chi connectivity index (χ1) is 13.1. The van der Waals surface area contributed by atoms with Gasteiger partial charge in [0, 0.05) is 25.6 Å². The van der Waals surface area contributed by atoms with Gasteiger partial charge in [0.15, 0.2) is 0 Å². The van der Waals surface area contributed by atoms with Crippen molar-refractivity contribution < 1.29 is 9.53 Å². The van der Waals surface area contributed by atoms with Crippen molar-refractivity contribution in [3.63, 3.8) is 0 Å². The molecule has 2 fully saturated rings. The van der Waals surface area contributed by atoms with Crippen LogP contribution in [0.4, 0.5) is 0 Å². The lowest BCUT2D eigenvalue weighted by molar-refractivity contribution is -0.130. The summed E-state index contributed by atoms with van der Waals surface area (Å²) in [7, 11) is 0. The van der Waals surface area contributed by atoms with Crippen LogP contribution in [0.5, 0.6) is 5.75 Å². The summed E-state index contributed by atoms with van der Waals surface area (Å²) < 4.78 is 6.18. The summed E-state index contributed by atoms with van der Waals surface area (Å²) in [5.41, 5.74) is 1.57. The molecule has 0 radical (unpaired) electrons. The maximum atomic E-state index is 11.5. The van der Waals surface area contributed by atoms with Gasteiger partial charge in [0.2, 0.25) is 5.91 Å². The number of ether oxygens (including phenoxy) is 1. The minimum absolute atomic E-state index is 0.153. The smallest absolute Gasteiger partial charge is 0.219 e. The molecule has 27 heavy (non-hydrogen) atoms. The fourth-order valence-electron chi connectivity index (χ4n) is 4.07. The number of hydrogen-bond acceptors (Lipinski definition) is 4. The van der Waals surface area contributed by atoms with Crippen LogP contribution in [-0.4, -0.2) is 43.6 Å². The van der Waals surface area contributed by atoms with E-state index in [0.717, 1.165) is 68.7 Å². The Morgan fingerprint density at radius 2 is 2.11 bits per heavy atom. The number of hydrogen-bond donors (Lipinski definition) is 1. The van der Waals surface area contributed by atoms with Gasteiger partial charge >= 0.3 is 0 Å². The van der Waals surface area contributed by atoms with Gasteiger partial charge < -0.3 is 15.0 Å². The fraction of sp³-hybridized carbons (Fsp3) is 0.545. The Labute approximate surface area is 162 Å². The molecule has 0 unspecified atom stereocenters. The van der Waals surface area contributed by atoms with Crippen LogP contribution in [0.15, 0.2) is 24.8 Å². The number of benzene rings is 1. The van der Waals surface area contributed by atoms with Crippen molar-refractivity contribution in [2.75, 3.05) is 32.8 Å². The topological polar surface area (TPSA) is 65.4 Å². The molecule has 3 rings (SSSR count). The van der Waals surface area contributed by atoms with E-state index in [0.29, 0.717) is 12.5 Å². The lowest BCUT2D eigenvalue weighted by Gasteiger charge is -2.33. The largest absolute Gasteiger partial charge is 0.493 e. The first-order valence-corrected chi connectivity index (χ1v) is 9.85. The fourth-order valence-corrected chi connectivity index (χ4v) is 4.07. The highest BCUT2D eigenvalue weighted by Gasteiger charge is 2.34. The number of nitriles is 1. The monoisotopic (exact) mass is 367 g/mol. The first kappa shape index (κ1) is 19.4. The molecule has 1 amide bonds. The third-order valence-electron chi connectivity index (χ3n) is 5.99. The molecule has 2 aliphatic rings. The predicted octanol–water partition coefficient (Wildman–Crippen LogP) is 3.11. The van der Waals surface area contributed by atoms with Crippen molar-refractivity contribution in [2.45, 2.75) is 38.0 Å². The van der Waals surface area contributed by atoms with Crippen LogP contribution >= 0.6 is 0 Å². The second kappa shape index (κ2) is 8.58. The standard InChI is InChI=1S/C22H29N3O2/c1-3-19-4-5-20(22(16-23)8-10-24-11-9-22)14-21(19)27-15-18-6-12-25(13-7-18)17(2)26/h3-5,14,18,24H,1,6-13,15H2,2H3. The Hall–Kier alpha value is -2.32. The van der Waals surface area contributed by atoms with Crippen molar-refractivity contribution in [3.8, 4) is 11.8 Å². The van der Waals surface area contributed by atoms with E-state index in [1.54, 1.807) is 13.0 Å². The zero-order chi connectivity index (χ0) is 19.3. The molecule has 0 atom stereocenters. The zero-order valence-electron chi connectivity index (χ0n) is 16.2. The number of rotatable bonds is 5. The summed E-state index contributed by atoms with van der Waals surface area (Å²) in [6.07, 6.45) is 5.38. The molecular weight excluding hydrogens is 338 g/mol. The molecule has 2 saturated heterocycles. The van der Waals surface area contributed by atoms with Gasteiger partial charge in [0.1, 0.15) is 5.75 Å². The van der Waals surface area contributed by atoms with Gasteiger partial charge in [0.05, 0.1) is 18.1 Å². The van der Waals surface area contributed by atoms with Crippen molar-refractivity contribution in [1.82, 2.24) is 10.2 Å². The van der Waals surface area contributed by atoms with Crippen LogP contribution in [0.25, 0.3) is 6.08 Å². The highest BCUT2D eigenvalue weighted by atomic mass is 16.5. The number of likely N-dealkylation sites (tertiary alicyclic amines) is 1. The van der Waals surface area contributed by atoms with Crippen LogP contribution in [0.3, 0.4) is 0 Å². The number of carbonyl (C=O) groups excluding carboxylic acids is 1. The third-order valence-corrected chi connectivity index (χ3v) is 5.99. The van der Waals surface area contributed by atoms with Gasteiger partial charge in [-0.05, 0) is 56.3 Å². The molecule has 0 bridgehead atoms. The molecule has 0 aromatic heterocycles. The Bertz CT molecular complexity index is 724. The van der Waals surface area contributed by atoms with E-state index in [4.69, 9.17) is 4.74 Å². The van der Waals surface area contributed by atoms with Crippen LogP contribution < -0.4 is 10.1 Å². The van der Waals surface area contributed by atoms with Gasteiger partial charge in [-0.15, -0.1) is 0 Å². The maximum absolute atomic E-state index is 11.5. The molecule has 1 N–H and O–H groups in total. The molecule has 1 aromatic rings. The van der Waals surface area contributed by atoms with E-state index in [-0.39, 0.29) is 5.91 Å². The Kier molecular flexibility index (Phi) is 6.18. The number of amides is 1. The zero-order valence-corrected chi connectivity index (χ0v) is 16.2. The minimum Gasteiger partial charge on any atom is -0.493 e. The Morgan fingerprint density at radius 1 is 1.41 bits per heavy atom. The Morgan fingerprint density at radius 3 is 2.70 bits per heavy atom. The number of nitrogens with one attached hydrogen (secondary N) is 1. The highest BCUT2D eigenvalue weighted by molar-refractivity contribution is 5.73. The molecule has 5 nitrogen and oxygen atoms in total. The van der Waals surface area contributed by atoms with Crippen LogP contribution in [0.1, 0.15) is 43.7 Å². The molecule has 2 heterocycles. The number of carbonyl (C=O) groups is 1. The number of piperidine rings is 2. The predicted molar refractivity (Wildman–Crippen MR) is 106 cm³/mol. The highest BCUT2D eigenvalue weighted by Crippen LogP contribution is 2.36. The van der Waals surface area contributed by atoms with Crippen molar-refractivity contribution in [1.29, 1.82) is 5.26 Å². The average molecular weight is 367 g/mol. The van der Waals surface area contributed by atoms with Crippen molar-refractivity contribution in [2.24, 2.45) is 5.92 Å². The molecular formula is C22H29N3O2. The van der Waals surface area contributed by atoms with Gasteiger partial charge in [-0.25, -0.2) is 0 Å². The summed E-state index contributed by atoms with van der Waals surface area (Å²) in [6.45, 7) is 9.50. The lowest BCUT2D eigenvalue weighted by atomic mass is 9.74. The molecule has 0 aliphatic carbocycles. The second-order valence-corrected chi connectivity index (χ2v) is 7.66. The molecule has 2 aliphatic heterocycles. The van der Waals surface area contributed by atoms with Crippen LogP contribution in [0.2, 0.25) is 0 Å². The van der Waals surface area contributed by atoms with Gasteiger partial charge in [-0.3, -0.25) is 4.79 Å². The SMILES string of the molecule is C=Cc1ccc(C2(C#N)CCNCC2)cc1OCC1CCN(C(C)=O)CC1. The lowest BCUT2D eigenvalue weighted by Crippen LogP contribution is -2.39. The van der Waals surface area contributed by atoms with Crippen molar-refractivity contribution >= 4 is 12.0 Å². The molecule has 5 heteroatoms. The van der Waals surface area contributed by atoms with Gasteiger partial charge in [0.25, 0.3) is 0 Å². The Balaban J connectivity index is 1.70. The molecule has 0 spiro atoms. The van der Waals surface area contributed by atoms with Crippen LogP contribution in [-0.2, 0) is 10.2 Å². The number of nitrogens with zero attached hydrogens (tertiary/aromatic N) is 2. The van der Waals surface area contributed by atoms with Crippen LogP contribution in [0, 0.1) is 17.2 Å². The van der Waals surface area contributed by atoms with Gasteiger partial charge in [-0.1, -0.05) is 24.8 Å². The molecule has 0 saturated carbocycles. The first-order valence-electron chi connectivity index (χ1n) is 9.85. The van der Waals surface area contributed by atoms with E-state index in [1.165, 1.54) is 0 Å². The van der Waals surface area contributed by atoms with E-state index in [2.05, 4.69) is 18.0 Å². The third kappa shape index (κ3) is 4.33. The summed E-state index contributed by atoms with van der Waals surface area (Å²) in [6, 6.07) is 8.65. The summed E-state index contributed by atoms with van der Waals surface area (Å²) in [5.74, 6) is 1.41. The van der Waals surface area contributed by atoms with Gasteiger partial charge in [-0.2, -0.15) is 5.26 Å². The molecule has 144 valence electrons. The molecule has 1 aromatic carbocycles. The summed E-state index contributed by atoms with van der Waals surface area (Å²) in [4.78, 5) is 13.4. The quantitative estimate of drug-likeness (QED) is 0.868. The van der Waals surface area contributed by atoms with E-state index < -0.39 is 5.41 Å². The maximum Gasteiger partial charge on any atom is 0.219 e. The second-order valence-electron chi connectivity index (χ2n) is 7.66. The normalized spacial score (nSPS) is 19.9. The van der Waals surface area contributed by atoms with E-state index >= 15 is 0 Å². The van der Waals surface area contributed by atoms with E-state index in [9.17, 15) is 10.1 Å². The van der Waals surface area contributed by atoms with E-state index in [1.807, 2.05) is 23.1 Å². The average Bonchev–Trinajstić information content (AvgIpc) is 2.72. The summed E-state index contributed by atoms with van der Waals surface area (Å²) >= 11 is 0. The minimum atomic E-state index is -0.435.